The Morgan fingerprint density at radius 1 is 1.11 bits per heavy atom. The van der Waals surface area contributed by atoms with Crippen LogP contribution in [0.15, 0.2) is 28.7 Å². The number of nitrogens with one attached hydrogen (secondary N) is 2. The Balaban J connectivity index is 2.08. The molecule has 0 aliphatic carbocycles. The molecule has 0 spiro atoms. The Hall–Kier alpha value is -1.89. The van der Waals surface area contributed by atoms with Gasteiger partial charge < -0.3 is 15.4 Å². The lowest BCUT2D eigenvalue weighted by Crippen LogP contribution is -2.08. The summed E-state index contributed by atoms with van der Waals surface area (Å²) < 4.78 is 6.07. The molecule has 7 heteroatoms. The van der Waals surface area contributed by atoms with Gasteiger partial charge in [-0.3, -0.25) is 0 Å². The normalized spacial score (nSPS) is 10.1. The zero-order chi connectivity index (χ0) is 13.7. The first kappa shape index (κ1) is 13.5. The number of anilines is 2. The van der Waals surface area contributed by atoms with Crippen molar-refractivity contribution >= 4 is 27.8 Å². The lowest BCUT2D eigenvalue weighted by atomic mass is 10.2. The summed E-state index contributed by atoms with van der Waals surface area (Å²) in [7, 11) is 3.26. The molecule has 0 atom stereocenters. The highest BCUT2D eigenvalue weighted by Gasteiger charge is 2.05. The van der Waals surface area contributed by atoms with E-state index in [1.807, 2.05) is 24.3 Å². The number of hydrogen-bond acceptors (Lipinski definition) is 6. The predicted octanol–water partition coefficient (Wildman–Crippen LogP) is 2.30. The van der Waals surface area contributed by atoms with Gasteiger partial charge >= 0.3 is 6.01 Å². The molecular weight excluding hydrogens is 310 g/mol. The zero-order valence-corrected chi connectivity index (χ0v) is 12.2. The summed E-state index contributed by atoms with van der Waals surface area (Å²) in [6.07, 6.45) is 0. The molecular formula is C12H14BrN5O. The van der Waals surface area contributed by atoms with Crippen molar-refractivity contribution in [3.05, 3.63) is 34.3 Å². The molecule has 0 aliphatic rings. The van der Waals surface area contributed by atoms with Crippen LogP contribution in [0.1, 0.15) is 5.56 Å². The third-order valence-electron chi connectivity index (χ3n) is 2.38. The smallest absolute Gasteiger partial charge is 0.322 e. The maximum atomic E-state index is 5.02. The fraction of sp³-hybridized carbons (Fsp3) is 0.250. The molecule has 1 aromatic carbocycles. The van der Waals surface area contributed by atoms with Crippen molar-refractivity contribution < 1.29 is 4.74 Å². The summed E-state index contributed by atoms with van der Waals surface area (Å²) in [5.74, 6) is 0.935. The fourth-order valence-corrected chi connectivity index (χ4v) is 1.69. The molecule has 0 fully saturated rings. The first-order valence-electron chi connectivity index (χ1n) is 5.67. The molecule has 0 saturated heterocycles. The molecule has 0 aliphatic heterocycles. The van der Waals surface area contributed by atoms with Crippen molar-refractivity contribution in [2.75, 3.05) is 24.8 Å². The lowest BCUT2D eigenvalue weighted by Gasteiger charge is -2.08. The van der Waals surface area contributed by atoms with Gasteiger partial charge in [0.1, 0.15) is 0 Å². The van der Waals surface area contributed by atoms with Gasteiger partial charge in [0.25, 0.3) is 0 Å². The van der Waals surface area contributed by atoms with Crippen LogP contribution in [0.4, 0.5) is 11.9 Å². The highest BCUT2D eigenvalue weighted by molar-refractivity contribution is 9.10. The molecule has 19 heavy (non-hydrogen) atoms. The second-order valence-electron chi connectivity index (χ2n) is 3.70. The Morgan fingerprint density at radius 3 is 2.42 bits per heavy atom. The third-order valence-corrected chi connectivity index (χ3v) is 2.91. The molecule has 0 unspecified atom stereocenters. The van der Waals surface area contributed by atoms with Crippen LogP contribution in [0.2, 0.25) is 0 Å². The van der Waals surface area contributed by atoms with Crippen LogP contribution in [0, 0.1) is 0 Å². The van der Waals surface area contributed by atoms with Gasteiger partial charge in [0.2, 0.25) is 11.9 Å². The number of aromatic nitrogens is 3. The Morgan fingerprint density at radius 2 is 1.79 bits per heavy atom. The molecule has 0 radical (unpaired) electrons. The van der Waals surface area contributed by atoms with Gasteiger partial charge in [0.15, 0.2) is 0 Å². The number of benzene rings is 1. The monoisotopic (exact) mass is 323 g/mol. The van der Waals surface area contributed by atoms with E-state index < -0.39 is 0 Å². The Bertz CT molecular complexity index is 524. The summed E-state index contributed by atoms with van der Waals surface area (Å²) >= 11 is 3.40. The quantitative estimate of drug-likeness (QED) is 0.879. The standard InChI is InChI=1S/C12H14BrN5O/c1-14-10-16-11(18-12(17-10)19-2)15-7-8-3-5-9(13)6-4-8/h3-6H,7H2,1-2H3,(H2,14,15,16,17,18). The molecule has 2 aromatic rings. The molecule has 1 heterocycles. The van der Waals surface area contributed by atoms with E-state index in [9.17, 15) is 0 Å². The predicted molar refractivity (Wildman–Crippen MR) is 77.4 cm³/mol. The van der Waals surface area contributed by atoms with E-state index in [1.165, 1.54) is 7.11 Å². The van der Waals surface area contributed by atoms with Gasteiger partial charge in [-0.2, -0.15) is 15.0 Å². The van der Waals surface area contributed by atoms with Crippen molar-refractivity contribution in [1.29, 1.82) is 0 Å². The Labute approximate surface area is 119 Å². The molecule has 0 amide bonds. The van der Waals surface area contributed by atoms with Gasteiger partial charge in [-0.1, -0.05) is 28.1 Å². The van der Waals surface area contributed by atoms with Gasteiger partial charge in [-0.15, -0.1) is 0 Å². The van der Waals surface area contributed by atoms with Crippen LogP contribution in [0.3, 0.4) is 0 Å². The molecule has 2 N–H and O–H groups in total. The van der Waals surface area contributed by atoms with Gasteiger partial charge in [0.05, 0.1) is 7.11 Å². The second kappa shape index (κ2) is 6.33. The van der Waals surface area contributed by atoms with Gasteiger partial charge in [-0.05, 0) is 17.7 Å². The van der Waals surface area contributed by atoms with Crippen LogP contribution in [-0.2, 0) is 6.54 Å². The van der Waals surface area contributed by atoms with Crippen LogP contribution >= 0.6 is 15.9 Å². The van der Waals surface area contributed by atoms with E-state index in [4.69, 9.17) is 4.74 Å². The average molecular weight is 324 g/mol. The van der Waals surface area contributed by atoms with Crippen LogP contribution in [0.5, 0.6) is 6.01 Å². The Kier molecular flexibility index (Phi) is 4.51. The highest BCUT2D eigenvalue weighted by Crippen LogP contribution is 2.13. The average Bonchev–Trinajstić information content (AvgIpc) is 2.46. The summed E-state index contributed by atoms with van der Waals surface area (Å²) in [6.45, 7) is 0.629. The first-order chi connectivity index (χ1) is 9.21. The van der Waals surface area contributed by atoms with Crippen molar-refractivity contribution in [3.63, 3.8) is 0 Å². The van der Waals surface area contributed by atoms with E-state index in [-0.39, 0.29) is 6.01 Å². The number of halogens is 1. The molecule has 1 aromatic heterocycles. The summed E-state index contributed by atoms with van der Waals surface area (Å²) in [6, 6.07) is 8.30. The van der Waals surface area contributed by atoms with Crippen LogP contribution in [-0.4, -0.2) is 29.1 Å². The van der Waals surface area contributed by atoms with Crippen LogP contribution in [0.25, 0.3) is 0 Å². The highest BCUT2D eigenvalue weighted by atomic mass is 79.9. The number of hydrogen-bond donors (Lipinski definition) is 2. The maximum Gasteiger partial charge on any atom is 0.322 e. The second-order valence-corrected chi connectivity index (χ2v) is 4.62. The van der Waals surface area contributed by atoms with E-state index in [1.54, 1.807) is 7.05 Å². The van der Waals surface area contributed by atoms with Gasteiger partial charge in [-0.25, -0.2) is 0 Å². The summed E-state index contributed by atoms with van der Waals surface area (Å²) in [5.41, 5.74) is 1.13. The molecule has 6 nitrogen and oxygen atoms in total. The number of rotatable bonds is 5. The lowest BCUT2D eigenvalue weighted by molar-refractivity contribution is 0.379. The summed E-state index contributed by atoms with van der Waals surface area (Å²) in [5, 5.41) is 5.99. The number of ether oxygens (including phenoxy) is 1. The van der Waals surface area contributed by atoms with E-state index >= 15 is 0 Å². The number of methoxy groups -OCH3 is 1. The topological polar surface area (TPSA) is 72.0 Å². The minimum Gasteiger partial charge on any atom is -0.467 e. The van der Waals surface area contributed by atoms with E-state index in [0.717, 1.165) is 10.0 Å². The minimum absolute atomic E-state index is 0.276. The largest absolute Gasteiger partial charge is 0.467 e. The first-order valence-corrected chi connectivity index (χ1v) is 6.46. The van der Waals surface area contributed by atoms with Crippen LogP contribution < -0.4 is 15.4 Å². The van der Waals surface area contributed by atoms with Gasteiger partial charge in [0, 0.05) is 18.1 Å². The summed E-state index contributed by atoms with van der Waals surface area (Å²) in [4.78, 5) is 12.4. The molecule has 2 rings (SSSR count). The van der Waals surface area contributed by atoms with E-state index in [2.05, 4.69) is 41.5 Å². The molecule has 100 valence electrons. The van der Waals surface area contributed by atoms with E-state index in [0.29, 0.717) is 18.4 Å². The van der Waals surface area contributed by atoms with Crippen molar-refractivity contribution in [3.8, 4) is 6.01 Å². The van der Waals surface area contributed by atoms with Crippen molar-refractivity contribution in [1.82, 2.24) is 15.0 Å². The maximum absolute atomic E-state index is 5.02. The zero-order valence-electron chi connectivity index (χ0n) is 10.6. The van der Waals surface area contributed by atoms with Crippen molar-refractivity contribution in [2.24, 2.45) is 0 Å². The third kappa shape index (κ3) is 3.78. The minimum atomic E-state index is 0.276. The fourth-order valence-electron chi connectivity index (χ4n) is 1.42. The van der Waals surface area contributed by atoms with Crippen molar-refractivity contribution in [2.45, 2.75) is 6.54 Å². The SMILES string of the molecule is CNc1nc(NCc2ccc(Br)cc2)nc(OC)n1. The molecule has 0 bridgehead atoms. The molecule has 0 saturated carbocycles. The number of nitrogens with zero attached hydrogens (tertiary/aromatic N) is 3.